The molecule has 2 aliphatic rings. The van der Waals surface area contributed by atoms with Gasteiger partial charge in [-0.15, -0.1) is 0 Å². The van der Waals surface area contributed by atoms with Gasteiger partial charge in [-0.25, -0.2) is 8.42 Å². The lowest BCUT2D eigenvalue weighted by Crippen LogP contribution is -2.46. The summed E-state index contributed by atoms with van der Waals surface area (Å²) in [5, 5.41) is 2.95. The van der Waals surface area contributed by atoms with Crippen LogP contribution in [0.5, 0.6) is 0 Å². The average Bonchev–Trinajstić information content (AvgIpc) is 2.79. The van der Waals surface area contributed by atoms with Crippen LogP contribution in [-0.4, -0.2) is 57.6 Å². The van der Waals surface area contributed by atoms with Crippen LogP contribution in [0.25, 0.3) is 0 Å². The third kappa shape index (κ3) is 5.84. The molecule has 1 fully saturated rings. The number of rotatable bonds is 6. The van der Waals surface area contributed by atoms with Crippen LogP contribution in [0.4, 0.5) is 17.1 Å². The van der Waals surface area contributed by atoms with E-state index in [1.54, 1.807) is 6.07 Å². The Balaban J connectivity index is 1.35. The normalized spacial score (nSPS) is 16.8. The summed E-state index contributed by atoms with van der Waals surface area (Å²) >= 11 is 0. The molecule has 9 heteroatoms. The quantitative estimate of drug-likeness (QED) is 0.676. The predicted molar refractivity (Wildman–Crippen MR) is 130 cm³/mol. The maximum absolute atomic E-state index is 13.0. The van der Waals surface area contributed by atoms with Crippen molar-refractivity contribution < 1.29 is 18.0 Å². The van der Waals surface area contributed by atoms with E-state index in [0.29, 0.717) is 31.6 Å². The summed E-state index contributed by atoms with van der Waals surface area (Å²) in [5.74, 6) is -0.0648. The maximum Gasteiger partial charge on any atom is 0.242 e. The molecule has 4 rings (SSSR count). The summed E-state index contributed by atoms with van der Waals surface area (Å²) in [6.45, 7) is 2.11. The number of nitrogens with one attached hydrogen (secondary N) is 2. The molecule has 0 aliphatic carbocycles. The minimum Gasteiger partial charge on any atom is -0.362 e. The van der Waals surface area contributed by atoms with Crippen LogP contribution in [0.15, 0.2) is 48.5 Å². The highest BCUT2D eigenvalue weighted by molar-refractivity contribution is 7.92. The average molecular weight is 471 g/mol. The smallest absolute Gasteiger partial charge is 0.242 e. The van der Waals surface area contributed by atoms with Gasteiger partial charge in [-0.3, -0.25) is 14.3 Å². The van der Waals surface area contributed by atoms with Gasteiger partial charge in [0, 0.05) is 36.9 Å². The van der Waals surface area contributed by atoms with Crippen molar-refractivity contribution in [3.8, 4) is 0 Å². The standard InChI is InChI=1S/C24H30N4O4S/c1-33(31,32)26-21-10-5-11-22-20(21)9-6-14-28(22)17-23(29)27-15-12-18(13-16-27)24(30)25-19-7-3-2-4-8-19/h2-5,7-8,10-11,18,26H,6,9,12-17H2,1H3,(H,25,30). The Morgan fingerprint density at radius 1 is 1.00 bits per heavy atom. The number of hydrogen-bond acceptors (Lipinski definition) is 5. The van der Waals surface area contributed by atoms with Crippen molar-refractivity contribution in [2.45, 2.75) is 25.7 Å². The Bertz CT molecular complexity index is 1110. The molecule has 0 atom stereocenters. The zero-order valence-electron chi connectivity index (χ0n) is 18.8. The molecule has 2 amide bonds. The zero-order valence-corrected chi connectivity index (χ0v) is 19.6. The predicted octanol–water partition coefficient (Wildman–Crippen LogP) is 2.69. The van der Waals surface area contributed by atoms with Crippen molar-refractivity contribution in [1.29, 1.82) is 0 Å². The number of carbonyl (C=O) groups excluding carboxylic acids is 2. The van der Waals surface area contributed by atoms with E-state index < -0.39 is 10.0 Å². The van der Waals surface area contributed by atoms with E-state index in [1.165, 1.54) is 0 Å². The van der Waals surface area contributed by atoms with Crippen molar-refractivity contribution in [2.75, 3.05) is 47.4 Å². The number of likely N-dealkylation sites (tertiary alicyclic amines) is 1. The summed E-state index contributed by atoms with van der Waals surface area (Å²) in [4.78, 5) is 29.5. The molecule has 2 heterocycles. The molecule has 0 aromatic heterocycles. The van der Waals surface area contributed by atoms with E-state index in [-0.39, 0.29) is 24.3 Å². The fourth-order valence-electron chi connectivity index (χ4n) is 4.58. The van der Waals surface area contributed by atoms with Crippen LogP contribution < -0.4 is 14.9 Å². The summed E-state index contributed by atoms with van der Waals surface area (Å²) in [6, 6.07) is 14.9. The van der Waals surface area contributed by atoms with E-state index in [2.05, 4.69) is 10.0 Å². The van der Waals surface area contributed by atoms with Gasteiger partial charge in [-0.2, -0.15) is 0 Å². The Morgan fingerprint density at radius 3 is 2.42 bits per heavy atom. The van der Waals surface area contributed by atoms with E-state index >= 15 is 0 Å². The van der Waals surface area contributed by atoms with E-state index in [0.717, 1.165) is 42.6 Å². The molecule has 0 unspecified atom stereocenters. The first-order valence-corrected chi connectivity index (χ1v) is 13.2. The Labute approximate surface area is 195 Å². The van der Waals surface area contributed by atoms with Crippen molar-refractivity contribution in [1.82, 2.24) is 4.90 Å². The van der Waals surface area contributed by atoms with Crippen LogP contribution >= 0.6 is 0 Å². The zero-order chi connectivity index (χ0) is 23.4. The second-order valence-electron chi connectivity index (χ2n) is 8.71. The van der Waals surface area contributed by atoms with Crippen molar-refractivity contribution in [2.24, 2.45) is 5.92 Å². The molecular weight excluding hydrogens is 440 g/mol. The number of amides is 2. The van der Waals surface area contributed by atoms with Gasteiger partial charge >= 0.3 is 0 Å². The van der Waals surface area contributed by atoms with Crippen LogP contribution in [0.3, 0.4) is 0 Å². The lowest BCUT2D eigenvalue weighted by molar-refractivity contribution is -0.133. The Morgan fingerprint density at radius 2 is 1.73 bits per heavy atom. The highest BCUT2D eigenvalue weighted by Gasteiger charge is 2.29. The molecule has 0 spiro atoms. The number of hydrogen-bond donors (Lipinski definition) is 2. The largest absolute Gasteiger partial charge is 0.362 e. The lowest BCUT2D eigenvalue weighted by atomic mass is 9.95. The van der Waals surface area contributed by atoms with Gasteiger partial charge in [0.05, 0.1) is 18.5 Å². The van der Waals surface area contributed by atoms with Crippen LogP contribution in [0.2, 0.25) is 0 Å². The number of carbonyl (C=O) groups is 2. The maximum atomic E-state index is 13.0. The van der Waals surface area contributed by atoms with E-state index in [1.807, 2.05) is 52.3 Å². The lowest BCUT2D eigenvalue weighted by Gasteiger charge is -2.36. The topological polar surface area (TPSA) is 98.8 Å². The fraction of sp³-hybridized carbons (Fsp3) is 0.417. The summed E-state index contributed by atoms with van der Waals surface area (Å²) < 4.78 is 26.0. The third-order valence-electron chi connectivity index (χ3n) is 6.23. The second-order valence-corrected chi connectivity index (χ2v) is 10.5. The highest BCUT2D eigenvalue weighted by Crippen LogP contribution is 2.33. The monoisotopic (exact) mass is 470 g/mol. The molecule has 33 heavy (non-hydrogen) atoms. The van der Waals surface area contributed by atoms with Gasteiger partial charge in [-0.1, -0.05) is 24.3 Å². The summed E-state index contributed by atoms with van der Waals surface area (Å²) in [6.07, 6.45) is 4.04. The molecule has 0 saturated carbocycles. The Kier molecular flexibility index (Phi) is 6.88. The molecule has 2 N–H and O–H groups in total. The SMILES string of the molecule is CS(=O)(=O)Nc1cccc2c1CCCN2CC(=O)N1CCC(C(=O)Nc2ccccc2)CC1. The number of nitrogens with zero attached hydrogens (tertiary/aromatic N) is 2. The van der Waals surface area contributed by atoms with Gasteiger partial charge in [0.15, 0.2) is 0 Å². The number of piperidine rings is 1. The molecule has 8 nitrogen and oxygen atoms in total. The van der Waals surface area contributed by atoms with E-state index in [9.17, 15) is 18.0 Å². The number of benzene rings is 2. The number of para-hydroxylation sites is 1. The van der Waals surface area contributed by atoms with Crippen molar-refractivity contribution in [3.63, 3.8) is 0 Å². The van der Waals surface area contributed by atoms with Crippen molar-refractivity contribution in [3.05, 3.63) is 54.1 Å². The fourth-order valence-corrected chi connectivity index (χ4v) is 5.17. The summed E-state index contributed by atoms with van der Waals surface area (Å²) in [5.41, 5.74) is 3.20. The number of sulfonamides is 1. The molecule has 1 saturated heterocycles. The second kappa shape index (κ2) is 9.82. The Hall–Kier alpha value is -3.07. The molecule has 176 valence electrons. The highest BCUT2D eigenvalue weighted by atomic mass is 32.2. The third-order valence-corrected chi connectivity index (χ3v) is 6.82. The molecule has 2 aromatic carbocycles. The minimum absolute atomic E-state index is 0.00385. The minimum atomic E-state index is -3.38. The molecule has 0 bridgehead atoms. The van der Waals surface area contributed by atoms with Gasteiger partial charge in [-0.05, 0) is 55.5 Å². The number of anilines is 3. The van der Waals surface area contributed by atoms with Gasteiger partial charge < -0.3 is 15.1 Å². The summed E-state index contributed by atoms with van der Waals surface area (Å²) in [7, 11) is -3.38. The van der Waals surface area contributed by atoms with Gasteiger partial charge in [0.25, 0.3) is 0 Å². The first-order valence-electron chi connectivity index (χ1n) is 11.3. The van der Waals surface area contributed by atoms with Crippen LogP contribution in [0, 0.1) is 5.92 Å². The molecule has 2 aliphatic heterocycles. The van der Waals surface area contributed by atoms with Crippen molar-refractivity contribution >= 4 is 38.9 Å². The first-order chi connectivity index (χ1) is 15.8. The van der Waals surface area contributed by atoms with Crippen LogP contribution in [-0.2, 0) is 26.0 Å². The van der Waals surface area contributed by atoms with Gasteiger partial charge in [0.1, 0.15) is 0 Å². The first kappa shape index (κ1) is 23.1. The van der Waals surface area contributed by atoms with E-state index in [4.69, 9.17) is 0 Å². The number of fused-ring (bicyclic) bond motifs is 1. The van der Waals surface area contributed by atoms with Gasteiger partial charge in [0.2, 0.25) is 21.8 Å². The molecule has 2 aromatic rings. The molecule has 0 radical (unpaired) electrons. The van der Waals surface area contributed by atoms with Crippen LogP contribution in [0.1, 0.15) is 24.8 Å². The molecular formula is C24H30N4O4S.